The number of aliphatic imine (C=N–C) groups is 1. The van der Waals surface area contributed by atoms with E-state index in [-0.39, 0.29) is 18.2 Å². The first-order chi connectivity index (χ1) is 12.7. The van der Waals surface area contributed by atoms with E-state index in [1.807, 2.05) is 36.2 Å². The van der Waals surface area contributed by atoms with E-state index >= 15 is 0 Å². The molecule has 3 heterocycles. The Bertz CT molecular complexity index is 793. The monoisotopic (exact) mass is 367 g/mol. The van der Waals surface area contributed by atoms with Gasteiger partial charge in [-0.3, -0.25) is 9.98 Å². The van der Waals surface area contributed by atoms with Gasteiger partial charge in [0.05, 0.1) is 17.8 Å². The van der Waals surface area contributed by atoms with E-state index in [0.717, 1.165) is 28.8 Å². The van der Waals surface area contributed by atoms with Crippen LogP contribution in [0.3, 0.4) is 0 Å². The second-order valence-electron chi connectivity index (χ2n) is 7.08. The molecule has 26 heavy (non-hydrogen) atoms. The van der Waals surface area contributed by atoms with Crippen LogP contribution in [0, 0.1) is 0 Å². The van der Waals surface area contributed by atoms with Gasteiger partial charge in [-0.2, -0.15) is 0 Å². The average Bonchev–Trinajstić information content (AvgIpc) is 3.21. The fourth-order valence-electron chi connectivity index (χ4n) is 3.75. The van der Waals surface area contributed by atoms with Crippen LogP contribution in [0.1, 0.15) is 50.5 Å². The number of fused-ring (bicyclic) bond motifs is 1. The standard InChI is InChI=1S/C21H25N3OS/c1-4-16-13-26-21-23-19(18-10-5-6-11-22-18)20(24(16)21)15-8-7-9-17(12-15)25-14(2)3/h5-12,14,16,19-20H,4,13H2,1-3H3/t16-,19-,20+/m0/s1. The van der Waals surface area contributed by atoms with Crippen LogP contribution in [0.4, 0.5) is 0 Å². The Balaban J connectivity index is 1.75. The lowest BCUT2D eigenvalue weighted by Crippen LogP contribution is -2.35. The second kappa shape index (κ2) is 7.31. The Kier molecular flexibility index (Phi) is 4.90. The maximum absolute atomic E-state index is 5.94. The first-order valence-corrected chi connectivity index (χ1v) is 10.3. The summed E-state index contributed by atoms with van der Waals surface area (Å²) < 4.78 is 5.94. The summed E-state index contributed by atoms with van der Waals surface area (Å²) in [6, 6.07) is 15.3. The molecule has 0 spiro atoms. The predicted molar refractivity (Wildman–Crippen MR) is 108 cm³/mol. The third-order valence-electron chi connectivity index (χ3n) is 4.90. The van der Waals surface area contributed by atoms with Crippen molar-refractivity contribution in [2.24, 2.45) is 4.99 Å². The summed E-state index contributed by atoms with van der Waals surface area (Å²) in [7, 11) is 0. The van der Waals surface area contributed by atoms with Crippen molar-refractivity contribution in [2.75, 3.05) is 5.75 Å². The van der Waals surface area contributed by atoms with E-state index in [1.54, 1.807) is 0 Å². The quantitative estimate of drug-likeness (QED) is 0.757. The van der Waals surface area contributed by atoms with Gasteiger partial charge in [-0.05, 0) is 50.1 Å². The molecule has 0 amide bonds. The summed E-state index contributed by atoms with van der Waals surface area (Å²) in [5.74, 6) is 2.04. The topological polar surface area (TPSA) is 37.7 Å². The van der Waals surface area contributed by atoms with Gasteiger partial charge >= 0.3 is 0 Å². The third kappa shape index (κ3) is 3.20. The van der Waals surface area contributed by atoms with Crippen molar-refractivity contribution in [3.63, 3.8) is 0 Å². The van der Waals surface area contributed by atoms with Crippen molar-refractivity contribution in [3.05, 3.63) is 59.9 Å². The van der Waals surface area contributed by atoms with Crippen molar-refractivity contribution in [1.29, 1.82) is 0 Å². The first kappa shape index (κ1) is 17.4. The molecule has 0 aliphatic carbocycles. The summed E-state index contributed by atoms with van der Waals surface area (Å²) in [6.45, 7) is 6.38. The molecule has 136 valence electrons. The number of thioether (sulfide) groups is 1. The summed E-state index contributed by atoms with van der Waals surface area (Å²) in [5.41, 5.74) is 2.28. The zero-order valence-corrected chi connectivity index (χ0v) is 16.3. The lowest BCUT2D eigenvalue weighted by molar-refractivity contribution is 0.237. The molecular formula is C21H25N3OS. The van der Waals surface area contributed by atoms with Crippen molar-refractivity contribution in [2.45, 2.75) is 51.4 Å². The van der Waals surface area contributed by atoms with Gasteiger partial charge < -0.3 is 9.64 Å². The lowest BCUT2D eigenvalue weighted by Gasteiger charge is -2.32. The van der Waals surface area contributed by atoms with E-state index in [4.69, 9.17) is 9.73 Å². The van der Waals surface area contributed by atoms with Gasteiger partial charge in [-0.1, -0.05) is 36.9 Å². The van der Waals surface area contributed by atoms with Crippen molar-refractivity contribution < 1.29 is 4.74 Å². The molecule has 0 bridgehead atoms. The van der Waals surface area contributed by atoms with Crippen LogP contribution in [-0.4, -0.2) is 33.0 Å². The molecule has 0 unspecified atom stereocenters. The molecule has 1 saturated heterocycles. The van der Waals surface area contributed by atoms with Gasteiger partial charge in [0.15, 0.2) is 5.17 Å². The van der Waals surface area contributed by atoms with Crippen LogP contribution in [0.25, 0.3) is 0 Å². The van der Waals surface area contributed by atoms with Gasteiger partial charge in [0.2, 0.25) is 0 Å². The van der Waals surface area contributed by atoms with Gasteiger partial charge in [0, 0.05) is 18.0 Å². The molecule has 1 fully saturated rings. The van der Waals surface area contributed by atoms with E-state index in [9.17, 15) is 0 Å². The highest BCUT2D eigenvalue weighted by Gasteiger charge is 2.45. The summed E-state index contributed by atoms with van der Waals surface area (Å²) >= 11 is 1.87. The van der Waals surface area contributed by atoms with Gasteiger partial charge in [-0.15, -0.1) is 0 Å². The SMILES string of the molecule is CC[C@H]1CSC2=N[C@@H](c3ccccn3)[C@@H](c3cccc(OC(C)C)c3)N21. The molecule has 2 aliphatic heterocycles. The molecular weight excluding hydrogens is 342 g/mol. The molecule has 1 aromatic heterocycles. The number of pyridine rings is 1. The Hall–Kier alpha value is -2.01. The molecule has 1 aromatic carbocycles. The van der Waals surface area contributed by atoms with Crippen molar-refractivity contribution in [3.8, 4) is 5.75 Å². The van der Waals surface area contributed by atoms with E-state index in [2.05, 4.69) is 54.9 Å². The zero-order valence-electron chi connectivity index (χ0n) is 15.5. The molecule has 0 N–H and O–H groups in total. The minimum atomic E-state index is 0.0300. The highest BCUT2D eigenvalue weighted by atomic mass is 32.2. The van der Waals surface area contributed by atoms with Crippen LogP contribution in [0.15, 0.2) is 53.7 Å². The van der Waals surface area contributed by atoms with Crippen LogP contribution >= 0.6 is 11.8 Å². The maximum Gasteiger partial charge on any atom is 0.160 e. The third-order valence-corrected chi connectivity index (χ3v) is 6.03. The van der Waals surface area contributed by atoms with E-state index in [1.165, 1.54) is 5.56 Å². The number of amidine groups is 1. The number of ether oxygens (including phenoxy) is 1. The number of nitrogens with zero attached hydrogens (tertiary/aromatic N) is 3. The van der Waals surface area contributed by atoms with E-state index < -0.39 is 0 Å². The van der Waals surface area contributed by atoms with Crippen LogP contribution in [0.5, 0.6) is 5.75 Å². The summed E-state index contributed by atoms with van der Waals surface area (Å²) in [6.07, 6.45) is 3.15. The number of rotatable bonds is 5. The molecule has 4 nitrogen and oxygen atoms in total. The van der Waals surface area contributed by atoms with E-state index in [0.29, 0.717) is 6.04 Å². The smallest absolute Gasteiger partial charge is 0.160 e. The van der Waals surface area contributed by atoms with Crippen molar-refractivity contribution in [1.82, 2.24) is 9.88 Å². The highest BCUT2D eigenvalue weighted by Crippen LogP contribution is 2.48. The number of benzene rings is 1. The molecule has 0 radical (unpaired) electrons. The van der Waals surface area contributed by atoms with Crippen LogP contribution in [-0.2, 0) is 0 Å². The Labute approximate surface area is 159 Å². The highest BCUT2D eigenvalue weighted by molar-refractivity contribution is 8.14. The molecule has 2 aliphatic rings. The summed E-state index contributed by atoms with van der Waals surface area (Å²) in [4.78, 5) is 12.2. The number of aromatic nitrogens is 1. The fraction of sp³-hybridized carbons (Fsp3) is 0.429. The van der Waals surface area contributed by atoms with Crippen molar-refractivity contribution >= 4 is 16.9 Å². The molecule has 4 rings (SSSR count). The first-order valence-electron chi connectivity index (χ1n) is 9.34. The normalized spacial score (nSPS) is 24.7. The maximum atomic E-state index is 5.94. The lowest BCUT2D eigenvalue weighted by atomic mass is 9.95. The molecule has 0 saturated carbocycles. The summed E-state index contributed by atoms with van der Waals surface area (Å²) in [5, 5.41) is 1.16. The fourth-order valence-corrected chi connectivity index (χ4v) is 5.09. The number of hydrogen-bond donors (Lipinski definition) is 0. The Morgan fingerprint density at radius 2 is 2.12 bits per heavy atom. The van der Waals surface area contributed by atoms with Crippen LogP contribution in [0.2, 0.25) is 0 Å². The number of hydrogen-bond acceptors (Lipinski definition) is 5. The Morgan fingerprint density at radius 3 is 2.85 bits per heavy atom. The van der Waals surface area contributed by atoms with Gasteiger partial charge in [0.1, 0.15) is 11.8 Å². The molecule has 3 atom stereocenters. The minimum absolute atomic E-state index is 0.0300. The second-order valence-corrected chi connectivity index (χ2v) is 8.06. The molecule has 5 heteroatoms. The minimum Gasteiger partial charge on any atom is -0.491 e. The average molecular weight is 368 g/mol. The van der Waals surface area contributed by atoms with Gasteiger partial charge in [-0.25, -0.2) is 0 Å². The van der Waals surface area contributed by atoms with Gasteiger partial charge in [0.25, 0.3) is 0 Å². The molecule has 2 aromatic rings. The predicted octanol–water partition coefficient (Wildman–Crippen LogP) is 4.85. The Morgan fingerprint density at radius 1 is 1.23 bits per heavy atom. The zero-order chi connectivity index (χ0) is 18.1. The van der Waals surface area contributed by atoms with Crippen LogP contribution < -0.4 is 4.74 Å². The largest absolute Gasteiger partial charge is 0.491 e.